The van der Waals surface area contributed by atoms with Gasteiger partial charge in [0.25, 0.3) is 0 Å². The highest BCUT2D eigenvalue weighted by atomic mass is 16.1. The topological polar surface area (TPSA) is 58.2 Å². The van der Waals surface area contributed by atoms with Crippen LogP contribution in [0.4, 0.5) is 0 Å². The zero-order chi connectivity index (χ0) is 6.95. The summed E-state index contributed by atoms with van der Waals surface area (Å²) >= 11 is 0. The van der Waals surface area contributed by atoms with E-state index in [2.05, 4.69) is 10.6 Å². The maximum atomic E-state index is 9.64. The van der Waals surface area contributed by atoms with Gasteiger partial charge in [-0.2, -0.15) is 0 Å². The van der Waals surface area contributed by atoms with Crippen LogP contribution in [0.15, 0.2) is 0 Å². The zero-order valence-electron chi connectivity index (χ0n) is 5.09. The average Bonchev–Trinajstić information content (AvgIpc) is 1.89. The number of carbonyl (C=O) groups excluding carboxylic acids is 2. The lowest BCUT2D eigenvalue weighted by Crippen LogP contribution is -2.19. The standard InChI is InChI=1S/C5H10N2O2/c8-4-6-2-1-3-7-5-9/h4-5H,1-3H2,(H,6,8)(H,7,9). The van der Waals surface area contributed by atoms with Gasteiger partial charge in [0.05, 0.1) is 0 Å². The molecule has 0 aromatic carbocycles. The normalized spacial score (nSPS) is 8.00. The second-order valence-electron chi connectivity index (χ2n) is 1.50. The van der Waals surface area contributed by atoms with E-state index in [0.29, 0.717) is 25.9 Å². The van der Waals surface area contributed by atoms with Crippen molar-refractivity contribution in [2.24, 2.45) is 0 Å². The maximum Gasteiger partial charge on any atom is 0.207 e. The zero-order valence-corrected chi connectivity index (χ0v) is 5.09. The van der Waals surface area contributed by atoms with E-state index in [1.807, 2.05) is 0 Å². The molecule has 0 aliphatic carbocycles. The molecule has 2 N–H and O–H groups in total. The van der Waals surface area contributed by atoms with Gasteiger partial charge in [-0.15, -0.1) is 0 Å². The second kappa shape index (κ2) is 6.94. The number of amides is 2. The van der Waals surface area contributed by atoms with Crippen molar-refractivity contribution in [2.75, 3.05) is 13.1 Å². The molecule has 0 aliphatic heterocycles. The molecule has 2 amide bonds. The molecule has 9 heavy (non-hydrogen) atoms. The summed E-state index contributed by atoms with van der Waals surface area (Å²) in [6, 6.07) is 0. The van der Waals surface area contributed by atoms with E-state index in [9.17, 15) is 9.59 Å². The molecule has 0 radical (unpaired) electrons. The second-order valence-corrected chi connectivity index (χ2v) is 1.50. The van der Waals surface area contributed by atoms with Crippen LogP contribution in [0.1, 0.15) is 6.42 Å². The third kappa shape index (κ3) is 6.94. The van der Waals surface area contributed by atoms with Gasteiger partial charge in [0.1, 0.15) is 0 Å². The van der Waals surface area contributed by atoms with Gasteiger partial charge in [-0.05, 0) is 6.42 Å². The van der Waals surface area contributed by atoms with Crippen LogP contribution in [-0.4, -0.2) is 25.9 Å². The summed E-state index contributed by atoms with van der Waals surface area (Å²) in [6.45, 7) is 1.23. The van der Waals surface area contributed by atoms with Gasteiger partial charge >= 0.3 is 0 Å². The van der Waals surface area contributed by atoms with Gasteiger partial charge < -0.3 is 10.6 Å². The lowest BCUT2D eigenvalue weighted by atomic mass is 10.4. The van der Waals surface area contributed by atoms with E-state index in [1.165, 1.54) is 0 Å². The van der Waals surface area contributed by atoms with E-state index in [-0.39, 0.29) is 0 Å². The molecule has 4 heteroatoms. The summed E-state index contributed by atoms with van der Waals surface area (Å²) in [5.74, 6) is 0. The molecule has 0 saturated carbocycles. The van der Waals surface area contributed by atoms with Crippen LogP contribution in [0.2, 0.25) is 0 Å². The third-order valence-electron chi connectivity index (χ3n) is 0.809. The van der Waals surface area contributed by atoms with Gasteiger partial charge in [0.2, 0.25) is 12.8 Å². The van der Waals surface area contributed by atoms with Crippen molar-refractivity contribution in [1.82, 2.24) is 10.6 Å². The molecular formula is C5H10N2O2. The van der Waals surface area contributed by atoms with Crippen LogP contribution in [-0.2, 0) is 9.59 Å². The van der Waals surface area contributed by atoms with Gasteiger partial charge in [-0.1, -0.05) is 0 Å². The van der Waals surface area contributed by atoms with Crippen LogP contribution < -0.4 is 10.6 Å². The first-order chi connectivity index (χ1) is 4.41. The largest absolute Gasteiger partial charge is 0.359 e. The highest BCUT2D eigenvalue weighted by Gasteiger charge is 1.81. The Kier molecular flexibility index (Phi) is 6.12. The Morgan fingerprint density at radius 3 is 1.78 bits per heavy atom. The monoisotopic (exact) mass is 130 g/mol. The van der Waals surface area contributed by atoms with Crippen molar-refractivity contribution in [3.8, 4) is 0 Å². The van der Waals surface area contributed by atoms with Crippen molar-refractivity contribution in [1.29, 1.82) is 0 Å². The van der Waals surface area contributed by atoms with E-state index in [4.69, 9.17) is 0 Å². The Balaban J connectivity index is 2.74. The predicted octanol–water partition coefficient (Wildman–Crippen LogP) is -1.13. The Labute approximate surface area is 53.6 Å². The lowest BCUT2D eigenvalue weighted by molar-refractivity contribution is -0.109. The quantitative estimate of drug-likeness (QED) is 0.353. The van der Waals surface area contributed by atoms with Gasteiger partial charge in [0, 0.05) is 13.1 Å². The van der Waals surface area contributed by atoms with E-state index in [1.54, 1.807) is 0 Å². The molecule has 0 fully saturated rings. The minimum atomic E-state index is 0.615. The summed E-state index contributed by atoms with van der Waals surface area (Å²) in [5.41, 5.74) is 0. The minimum absolute atomic E-state index is 0.615. The number of nitrogens with one attached hydrogen (secondary N) is 2. The Morgan fingerprint density at radius 2 is 1.44 bits per heavy atom. The van der Waals surface area contributed by atoms with Crippen LogP contribution in [0, 0.1) is 0 Å². The molecule has 0 aliphatic rings. The Bertz CT molecular complexity index is 75.0. The van der Waals surface area contributed by atoms with Crippen molar-refractivity contribution < 1.29 is 9.59 Å². The first-order valence-electron chi connectivity index (χ1n) is 2.76. The number of carbonyl (C=O) groups is 2. The van der Waals surface area contributed by atoms with Crippen molar-refractivity contribution in [3.05, 3.63) is 0 Å². The van der Waals surface area contributed by atoms with Crippen molar-refractivity contribution in [2.45, 2.75) is 6.42 Å². The average molecular weight is 130 g/mol. The molecule has 52 valence electrons. The van der Waals surface area contributed by atoms with Crippen LogP contribution in [0.3, 0.4) is 0 Å². The van der Waals surface area contributed by atoms with Crippen molar-refractivity contribution >= 4 is 12.8 Å². The SMILES string of the molecule is O=CNCCCNC=O. The van der Waals surface area contributed by atoms with E-state index < -0.39 is 0 Å². The summed E-state index contributed by atoms with van der Waals surface area (Å²) in [5, 5.41) is 4.94. The maximum absolute atomic E-state index is 9.64. The molecule has 0 saturated heterocycles. The highest BCUT2D eigenvalue weighted by Crippen LogP contribution is 1.67. The first-order valence-corrected chi connectivity index (χ1v) is 2.76. The summed E-state index contributed by atoms with van der Waals surface area (Å²) in [7, 11) is 0. The molecule has 0 spiro atoms. The molecular weight excluding hydrogens is 120 g/mol. The van der Waals surface area contributed by atoms with Crippen LogP contribution >= 0.6 is 0 Å². The Hall–Kier alpha value is -1.06. The van der Waals surface area contributed by atoms with E-state index in [0.717, 1.165) is 6.42 Å². The number of hydrogen-bond donors (Lipinski definition) is 2. The molecule has 0 aromatic rings. The molecule has 0 atom stereocenters. The molecule has 0 aromatic heterocycles. The fraction of sp³-hybridized carbons (Fsp3) is 0.600. The smallest absolute Gasteiger partial charge is 0.207 e. The van der Waals surface area contributed by atoms with Crippen LogP contribution in [0.5, 0.6) is 0 Å². The molecule has 0 rings (SSSR count). The third-order valence-corrected chi connectivity index (χ3v) is 0.809. The van der Waals surface area contributed by atoms with Gasteiger partial charge in [-0.25, -0.2) is 0 Å². The summed E-state index contributed by atoms with van der Waals surface area (Å²) in [6.07, 6.45) is 2.05. The molecule has 0 heterocycles. The summed E-state index contributed by atoms with van der Waals surface area (Å²) in [4.78, 5) is 19.3. The fourth-order valence-electron chi connectivity index (χ4n) is 0.410. The van der Waals surface area contributed by atoms with Gasteiger partial charge in [0.15, 0.2) is 0 Å². The fourth-order valence-corrected chi connectivity index (χ4v) is 0.410. The molecule has 0 unspecified atom stereocenters. The van der Waals surface area contributed by atoms with E-state index >= 15 is 0 Å². The van der Waals surface area contributed by atoms with Gasteiger partial charge in [-0.3, -0.25) is 9.59 Å². The molecule has 0 bridgehead atoms. The Morgan fingerprint density at radius 1 is 1.00 bits per heavy atom. The van der Waals surface area contributed by atoms with Crippen molar-refractivity contribution in [3.63, 3.8) is 0 Å². The predicted molar refractivity (Wildman–Crippen MR) is 32.8 cm³/mol. The molecule has 4 nitrogen and oxygen atoms in total. The first kappa shape index (κ1) is 7.94. The highest BCUT2D eigenvalue weighted by molar-refractivity contribution is 5.46. The summed E-state index contributed by atoms with van der Waals surface area (Å²) < 4.78 is 0. The van der Waals surface area contributed by atoms with Crippen LogP contribution in [0.25, 0.3) is 0 Å². The number of hydrogen-bond acceptors (Lipinski definition) is 2. The lowest BCUT2D eigenvalue weighted by Gasteiger charge is -1.96. The number of rotatable bonds is 6. The minimum Gasteiger partial charge on any atom is -0.359 e.